The molecular weight excluding hydrogens is 300 g/mol. The second-order valence-corrected chi connectivity index (χ2v) is 5.15. The monoisotopic (exact) mass is 312 g/mol. The Kier molecular flexibility index (Phi) is 5.03. The molecule has 0 bridgehead atoms. The molecule has 0 spiro atoms. The van der Waals surface area contributed by atoms with Crippen molar-refractivity contribution in [3.05, 3.63) is 40.6 Å². The molecule has 5 nitrogen and oxygen atoms in total. The van der Waals surface area contributed by atoms with Gasteiger partial charge in [-0.1, -0.05) is 18.5 Å². The van der Waals surface area contributed by atoms with Crippen molar-refractivity contribution in [3.8, 4) is 0 Å². The van der Waals surface area contributed by atoms with E-state index in [1.807, 2.05) is 19.2 Å². The van der Waals surface area contributed by atoms with Crippen molar-refractivity contribution in [2.45, 2.75) is 24.8 Å². The molecule has 0 aliphatic heterocycles. The van der Waals surface area contributed by atoms with Crippen LogP contribution in [0.2, 0.25) is 5.02 Å². The van der Waals surface area contributed by atoms with Crippen LogP contribution in [0.1, 0.15) is 29.1 Å². The molecule has 20 heavy (non-hydrogen) atoms. The molecule has 0 amide bonds. The van der Waals surface area contributed by atoms with Gasteiger partial charge in [-0.05, 0) is 24.5 Å². The van der Waals surface area contributed by atoms with E-state index in [9.17, 15) is 4.79 Å². The van der Waals surface area contributed by atoms with E-state index in [2.05, 4.69) is 10.2 Å². The number of esters is 1. The van der Waals surface area contributed by atoms with E-state index in [1.165, 1.54) is 11.8 Å². The summed E-state index contributed by atoms with van der Waals surface area (Å²) in [4.78, 5) is 12.9. The summed E-state index contributed by atoms with van der Waals surface area (Å²) < 4.78 is 10.4. The number of aryl methyl sites for hydroxylation is 1. The maximum absolute atomic E-state index is 12.0. The molecule has 1 aromatic carbocycles. The Morgan fingerprint density at radius 3 is 2.80 bits per heavy atom. The Hall–Kier alpha value is -1.53. The largest absolute Gasteiger partial charge is 0.452 e. The number of benzene rings is 1. The highest BCUT2D eigenvalue weighted by Gasteiger charge is 2.14. The normalized spacial score (nSPS) is 10.6. The summed E-state index contributed by atoms with van der Waals surface area (Å²) in [6, 6.07) is 5.21. The van der Waals surface area contributed by atoms with Crippen molar-refractivity contribution < 1.29 is 13.9 Å². The van der Waals surface area contributed by atoms with E-state index in [-0.39, 0.29) is 12.5 Å². The Morgan fingerprint density at radius 2 is 2.15 bits per heavy atom. The fourth-order valence-corrected chi connectivity index (χ4v) is 2.12. The van der Waals surface area contributed by atoms with Crippen molar-refractivity contribution in [1.29, 1.82) is 0 Å². The van der Waals surface area contributed by atoms with E-state index in [1.54, 1.807) is 12.1 Å². The summed E-state index contributed by atoms with van der Waals surface area (Å²) in [5, 5.41) is 7.92. The van der Waals surface area contributed by atoms with Crippen LogP contribution in [-0.2, 0) is 17.8 Å². The van der Waals surface area contributed by atoms with Gasteiger partial charge in [0.15, 0.2) is 6.61 Å². The predicted molar refractivity (Wildman–Crippen MR) is 76.0 cm³/mol. The highest BCUT2D eigenvalue weighted by molar-refractivity contribution is 7.98. The van der Waals surface area contributed by atoms with Crippen LogP contribution in [0.4, 0.5) is 0 Å². The lowest BCUT2D eigenvalue weighted by Crippen LogP contribution is -2.06. The second-order valence-electron chi connectivity index (χ2n) is 3.87. The van der Waals surface area contributed by atoms with Gasteiger partial charge in [-0.2, -0.15) is 0 Å². The number of hydrogen-bond donors (Lipinski definition) is 0. The van der Waals surface area contributed by atoms with Gasteiger partial charge in [-0.25, -0.2) is 4.79 Å². The van der Waals surface area contributed by atoms with Crippen molar-refractivity contribution in [1.82, 2.24) is 10.2 Å². The number of hydrogen-bond acceptors (Lipinski definition) is 6. The van der Waals surface area contributed by atoms with Crippen LogP contribution in [0.25, 0.3) is 0 Å². The molecule has 0 aliphatic carbocycles. The Morgan fingerprint density at radius 1 is 1.40 bits per heavy atom. The summed E-state index contributed by atoms with van der Waals surface area (Å²) in [6.07, 6.45) is 2.56. The molecule has 7 heteroatoms. The molecule has 1 aromatic heterocycles. The van der Waals surface area contributed by atoms with Gasteiger partial charge in [0.05, 0.1) is 10.6 Å². The van der Waals surface area contributed by atoms with Gasteiger partial charge in [0.2, 0.25) is 5.89 Å². The highest BCUT2D eigenvalue weighted by Crippen LogP contribution is 2.23. The summed E-state index contributed by atoms with van der Waals surface area (Å²) >= 11 is 7.52. The lowest BCUT2D eigenvalue weighted by atomic mass is 10.2. The smallest absolute Gasteiger partial charge is 0.340 e. The number of aromatic nitrogens is 2. The first kappa shape index (κ1) is 14.9. The van der Waals surface area contributed by atoms with Crippen LogP contribution in [0.15, 0.2) is 27.5 Å². The zero-order valence-corrected chi connectivity index (χ0v) is 12.6. The maximum Gasteiger partial charge on any atom is 0.340 e. The summed E-state index contributed by atoms with van der Waals surface area (Å²) in [7, 11) is 0. The third-order valence-electron chi connectivity index (χ3n) is 2.53. The molecule has 2 rings (SSSR count). The number of nitrogens with zero attached hydrogens (tertiary/aromatic N) is 2. The average Bonchev–Trinajstić information content (AvgIpc) is 2.93. The van der Waals surface area contributed by atoms with Crippen LogP contribution in [0.5, 0.6) is 0 Å². The van der Waals surface area contributed by atoms with Crippen LogP contribution in [0, 0.1) is 0 Å². The van der Waals surface area contributed by atoms with Crippen LogP contribution in [0.3, 0.4) is 0 Å². The maximum atomic E-state index is 12.0. The van der Waals surface area contributed by atoms with Gasteiger partial charge in [-0.15, -0.1) is 22.0 Å². The number of halogens is 1. The Bertz CT molecular complexity index is 615. The zero-order chi connectivity index (χ0) is 14.5. The van der Waals surface area contributed by atoms with Gasteiger partial charge < -0.3 is 9.15 Å². The number of carbonyl (C=O) groups is 1. The van der Waals surface area contributed by atoms with E-state index >= 15 is 0 Å². The quantitative estimate of drug-likeness (QED) is 0.623. The lowest BCUT2D eigenvalue weighted by Gasteiger charge is -2.05. The fourth-order valence-electron chi connectivity index (χ4n) is 1.48. The summed E-state index contributed by atoms with van der Waals surface area (Å²) in [5.41, 5.74) is 0.328. The summed E-state index contributed by atoms with van der Waals surface area (Å²) in [5.74, 6) is 0.271. The molecule has 0 aliphatic rings. The molecule has 0 atom stereocenters. The van der Waals surface area contributed by atoms with Crippen molar-refractivity contribution in [3.63, 3.8) is 0 Å². The molecule has 106 valence electrons. The SMILES string of the molecule is CCc1nnc(COC(=O)c2cc(SC)ccc2Cl)o1. The predicted octanol–water partition coefficient (Wildman–Crippen LogP) is 3.36. The second kappa shape index (κ2) is 6.76. The minimum atomic E-state index is -0.512. The first-order valence-corrected chi connectivity index (χ1v) is 7.56. The molecule has 0 saturated heterocycles. The zero-order valence-electron chi connectivity index (χ0n) is 11.1. The van der Waals surface area contributed by atoms with E-state index in [0.717, 1.165) is 4.90 Å². The minimum Gasteiger partial charge on any atom is -0.452 e. The topological polar surface area (TPSA) is 65.2 Å². The first-order chi connectivity index (χ1) is 9.63. The molecule has 0 N–H and O–H groups in total. The van der Waals surface area contributed by atoms with Gasteiger partial charge in [0.25, 0.3) is 5.89 Å². The molecule has 2 aromatic rings. The highest BCUT2D eigenvalue weighted by atomic mass is 35.5. The van der Waals surface area contributed by atoms with Crippen molar-refractivity contribution in [2.24, 2.45) is 0 Å². The van der Waals surface area contributed by atoms with Crippen LogP contribution < -0.4 is 0 Å². The van der Waals surface area contributed by atoms with Crippen LogP contribution in [-0.4, -0.2) is 22.4 Å². The number of carbonyl (C=O) groups excluding carboxylic acids is 1. The molecule has 0 saturated carbocycles. The van der Waals surface area contributed by atoms with E-state index < -0.39 is 5.97 Å². The number of rotatable bonds is 5. The van der Waals surface area contributed by atoms with Crippen molar-refractivity contribution in [2.75, 3.05) is 6.26 Å². The van der Waals surface area contributed by atoms with E-state index in [0.29, 0.717) is 22.9 Å². The molecule has 0 unspecified atom stereocenters. The fraction of sp³-hybridized carbons (Fsp3) is 0.308. The Labute approximate surface area is 125 Å². The van der Waals surface area contributed by atoms with Gasteiger partial charge in [0.1, 0.15) is 0 Å². The first-order valence-electron chi connectivity index (χ1n) is 5.96. The molecule has 0 radical (unpaired) electrons. The Balaban J connectivity index is 2.04. The van der Waals surface area contributed by atoms with Gasteiger partial charge in [-0.3, -0.25) is 0 Å². The lowest BCUT2D eigenvalue weighted by molar-refractivity contribution is 0.0436. The van der Waals surface area contributed by atoms with E-state index in [4.69, 9.17) is 20.8 Å². The van der Waals surface area contributed by atoms with Gasteiger partial charge in [0, 0.05) is 11.3 Å². The third-order valence-corrected chi connectivity index (χ3v) is 3.59. The number of ether oxygens (including phenoxy) is 1. The molecule has 1 heterocycles. The van der Waals surface area contributed by atoms with Crippen molar-refractivity contribution >= 4 is 29.3 Å². The minimum absolute atomic E-state index is 0.0638. The third kappa shape index (κ3) is 3.52. The molecule has 0 fully saturated rings. The van der Waals surface area contributed by atoms with Crippen LogP contribution >= 0.6 is 23.4 Å². The summed E-state index contributed by atoms with van der Waals surface area (Å²) in [6.45, 7) is 1.84. The van der Waals surface area contributed by atoms with Gasteiger partial charge >= 0.3 is 5.97 Å². The average molecular weight is 313 g/mol. The number of thioether (sulfide) groups is 1. The molecular formula is C13H13ClN2O3S. The standard InChI is InChI=1S/C13H13ClN2O3S/c1-3-11-15-16-12(19-11)7-18-13(17)9-6-8(20-2)4-5-10(9)14/h4-6H,3,7H2,1-2H3.